The maximum atomic E-state index is 14.1. The molecule has 0 N–H and O–H groups in total. The van der Waals surface area contributed by atoms with Crippen LogP contribution < -0.4 is 33.2 Å². The lowest BCUT2D eigenvalue weighted by atomic mass is 9.79. The number of hydrogen-bond donors (Lipinski definition) is 0. The van der Waals surface area contributed by atoms with E-state index in [-0.39, 0.29) is 50.1 Å². The summed E-state index contributed by atoms with van der Waals surface area (Å²) < 4.78 is 117. The van der Waals surface area contributed by atoms with Gasteiger partial charge in [0.2, 0.25) is 34.6 Å². The number of halogens is 5. The van der Waals surface area contributed by atoms with E-state index in [1.54, 1.807) is 21.3 Å². The number of fused-ring (bicyclic) bond motifs is 4. The van der Waals surface area contributed by atoms with E-state index < -0.39 is 34.6 Å². The third-order valence-corrected chi connectivity index (χ3v) is 20.3. The molecule has 8 aromatic rings. The first-order valence-electron chi connectivity index (χ1n) is 37.9. The van der Waals surface area contributed by atoms with Gasteiger partial charge < -0.3 is 33.2 Å². The Morgan fingerprint density at radius 2 is 0.582 bits per heavy atom. The zero-order valence-electron chi connectivity index (χ0n) is 71.0. The van der Waals surface area contributed by atoms with Crippen molar-refractivity contribution in [2.75, 3.05) is 48.3 Å². The van der Waals surface area contributed by atoms with Gasteiger partial charge in [-0.05, 0) is 122 Å². The molecule has 4 heterocycles. The highest BCUT2D eigenvalue weighted by Crippen LogP contribution is 2.50. The van der Waals surface area contributed by atoms with E-state index in [9.17, 15) is 22.0 Å². The fraction of sp³-hybridized carbons (Fsp3) is 0.447. The molecule has 0 spiro atoms. The van der Waals surface area contributed by atoms with Gasteiger partial charge >= 0.3 is 0 Å². The minimum absolute atomic E-state index is 0.0199. The molecule has 0 atom stereocenters. The first-order chi connectivity index (χ1) is 50.8. The SMILES string of the molecule is CC(C)(C)c1cc2c(c(C(C)(C)C)c1)OC/[N+]2=C/c1c(F)c(F)c(F)c(F)c1F.CC(C)(C)c1cc2c(c(C(C)(C)C)c1)OC/[N+]2=C/c1ccccc1.COc1cc(/C=[N+]2/COc3c2cc(C(C)(C)C)cc3C(C)(C)C)cc(OC)c1OC.Cc1cc(C)c(/C=[N+]2/COc3c2cc(C(C)(C)C)cc3C(C)(C)C)c(C)c1. The quantitative estimate of drug-likeness (QED) is 0.0681. The smallest absolute Gasteiger partial charge is 0.293 e. The molecule has 0 saturated carbocycles. The van der Waals surface area contributed by atoms with Crippen LogP contribution in [0.3, 0.4) is 0 Å². The number of aryl methyl sites for hydroxylation is 3. The molecular formula is C94H119F5N4O7+4. The third-order valence-electron chi connectivity index (χ3n) is 20.3. The Balaban J connectivity index is 0.000000169. The van der Waals surface area contributed by atoms with E-state index in [1.165, 1.54) is 77.1 Å². The number of methoxy groups -OCH3 is 3. The second kappa shape index (κ2) is 31.5. The molecule has 0 bridgehead atoms. The third kappa shape index (κ3) is 18.7. The average molecular weight is 1510 g/mol. The van der Waals surface area contributed by atoms with Crippen LogP contribution in [0, 0.1) is 49.9 Å². The van der Waals surface area contributed by atoms with Crippen LogP contribution in [0.15, 0.2) is 103 Å². The molecule has 8 aromatic carbocycles. The summed E-state index contributed by atoms with van der Waals surface area (Å²) >= 11 is 0. The van der Waals surface area contributed by atoms with Crippen LogP contribution in [0.4, 0.5) is 44.7 Å². The number of ether oxygens (including phenoxy) is 7. The highest BCUT2D eigenvalue weighted by atomic mass is 19.2. The van der Waals surface area contributed by atoms with Gasteiger partial charge in [0.05, 0.1) is 21.3 Å². The average Bonchev–Trinajstić information content (AvgIpc) is 1.47. The summed E-state index contributed by atoms with van der Waals surface area (Å²) in [6.07, 6.45) is 7.40. The lowest BCUT2D eigenvalue weighted by Crippen LogP contribution is -2.17. The molecule has 11 nitrogen and oxygen atoms in total. The Labute approximate surface area is 652 Å². The van der Waals surface area contributed by atoms with Crippen LogP contribution in [0.1, 0.15) is 250 Å². The lowest BCUT2D eigenvalue weighted by Gasteiger charge is -2.25. The summed E-state index contributed by atoms with van der Waals surface area (Å²) in [6.45, 7) is 60.7. The molecule has 4 aliphatic rings. The fourth-order valence-electron chi connectivity index (χ4n) is 13.6. The Hall–Kier alpha value is -9.31. The maximum absolute atomic E-state index is 14.1. The van der Waals surface area contributed by atoms with Crippen LogP contribution in [-0.2, 0) is 43.3 Å². The van der Waals surface area contributed by atoms with Gasteiger partial charge in [0, 0.05) is 63.2 Å². The van der Waals surface area contributed by atoms with Crippen molar-refractivity contribution >= 4 is 47.6 Å². The van der Waals surface area contributed by atoms with Gasteiger partial charge in [-0.25, -0.2) is 22.0 Å². The Kier molecular flexibility index (Phi) is 24.2. The van der Waals surface area contributed by atoms with Crippen LogP contribution in [0.2, 0.25) is 0 Å². The zero-order valence-corrected chi connectivity index (χ0v) is 71.0. The van der Waals surface area contributed by atoms with Crippen molar-refractivity contribution in [1.82, 2.24) is 0 Å². The van der Waals surface area contributed by atoms with Crippen molar-refractivity contribution < 1.29 is 73.4 Å². The largest absolute Gasteiger partial charge is 0.493 e. The van der Waals surface area contributed by atoms with Crippen molar-refractivity contribution in [3.8, 4) is 40.2 Å². The zero-order chi connectivity index (χ0) is 81.8. The van der Waals surface area contributed by atoms with Crippen molar-refractivity contribution in [1.29, 1.82) is 0 Å². The Bertz CT molecular complexity index is 4870. The predicted molar refractivity (Wildman–Crippen MR) is 437 cm³/mol. The van der Waals surface area contributed by atoms with Gasteiger partial charge in [-0.1, -0.05) is 226 Å². The number of nitrogens with zero attached hydrogens (tertiary/aromatic N) is 4. The van der Waals surface area contributed by atoms with Gasteiger partial charge in [0.15, 0.2) is 59.6 Å². The summed E-state index contributed by atoms with van der Waals surface area (Å²) in [7, 11) is 4.86. The first-order valence-corrected chi connectivity index (χ1v) is 37.9. The van der Waals surface area contributed by atoms with Gasteiger partial charge in [0.1, 0.15) is 5.56 Å². The fourth-order valence-corrected chi connectivity index (χ4v) is 13.6. The minimum atomic E-state index is -2.18. The molecule has 0 saturated heterocycles. The molecule has 12 rings (SSSR count). The topological polar surface area (TPSA) is 76.7 Å². The molecule has 110 heavy (non-hydrogen) atoms. The second-order valence-corrected chi connectivity index (χ2v) is 37.6. The van der Waals surface area contributed by atoms with Gasteiger partial charge in [-0.15, -0.1) is 0 Å². The van der Waals surface area contributed by atoms with E-state index >= 15 is 0 Å². The molecule has 0 fully saturated rings. The molecule has 0 aromatic heterocycles. The maximum Gasteiger partial charge on any atom is 0.293 e. The first kappa shape index (κ1) is 84.7. The van der Waals surface area contributed by atoms with Crippen molar-refractivity contribution in [2.45, 2.75) is 230 Å². The van der Waals surface area contributed by atoms with Gasteiger partial charge in [-0.3, -0.25) is 0 Å². The van der Waals surface area contributed by atoms with E-state index in [4.69, 9.17) is 33.2 Å². The molecule has 4 aliphatic heterocycles. The molecule has 0 radical (unpaired) electrons. The Morgan fingerprint density at radius 3 is 0.855 bits per heavy atom. The highest BCUT2D eigenvalue weighted by molar-refractivity contribution is 5.83. The van der Waals surface area contributed by atoms with Gasteiger partial charge in [0.25, 0.3) is 49.7 Å². The molecule has 0 aliphatic carbocycles. The monoisotopic (exact) mass is 1510 g/mol. The molecule has 16 heteroatoms. The normalized spacial score (nSPS) is 15.6. The van der Waals surface area contributed by atoms with Crippen LogP contribution in [0.25, 0.3) is 0 Å². The van der Waals surface area contributed by atoms with Crippen molar-refractivity contribution in [3.63, 3.8) is 0 Å². The van der Waals surface area contributed by atoms with Crippen molar-refractivity contribution in [2.24, 2.45) is 0 Å². The standard InChI is InChI=1S/C25H34NO4.C25H34NO.C22H23F5NO.C22H28NO/c1-24(2,3)17-12-18(25(4,5)6)22-19(13-17)26(15-30-22)14-16-10-20(27-7)23(29-9)21(11-16)28-8;1-16-10-17(2)20(18(3)11-16)14-26-15-27-23-21(25(7,8)9)12-19(13-22(23)26)24(4,5)6;1-21(2,3)11-7-13(22(4,5)6)20-14(8-11)28(10-29-20)9-12-15(23)17(25)19(27)18(26)16(12)24;1-21(2,3)17-12-18(22(4,5)6)20-19(13-17)23(15-24-20)14-16-10-8-7-9-11-16/h10-14H,15H2,1-9H3;10-14H,15H2,1-9H3;7-9H,10H2,1-6H3;7-14H,15H2,1-6H3/q4*+1/b2*26-14-;28-9-;23-14-. The lowest BCUT2D eigenvalue weighted by molar-refractivity contribution is -0.453. The molecule has 588 valence electrons. The molecular weight excluding hydrogens is 1390 g/mol. The molecule has 0 unspecified atom stereocenters. The summed E-state index contributed by atoms with van der Waals surface area (Å²) in [5.41, 5.74) is 19.8. The minimum Gasteiger partial charge on any atom is -0.493 e. The second-order valence-electron chi connectivity index (χ2n) is 37.6. The van der Waals surface area contributed by atoms with Gasteiger partial charge in [-0.2, -0.15) is 18.3 Å². The van der Waals surface area contributed by atoms with Crippen LogP contribution >= 0.6 is 0 Å². The summed E-state index contributed by atoms with van der Waals surface area (Å²) in [5.74, 6) is -4.49. The number of rotatable bonds is 7. The van der Waals surface area contributed by atoms with Crippen molar-refractivity contribution in [3.05, 3.63) is 216 Å². The predicted octanol–water partition coefficient (Wildman–Crippen LogP) is 23.2. The highest BCUT2D eigenvalue weighted by Gasteiger charge is 2.41. The summed E-state index contributed by atoms with van der Waals surface area (Å²) in [4.78, 5) is 0. The van der Waals surface area contributed by atoms with Crippen LogP contribution in [-0.4, -0.2) is 91.4 Å². The van der Waals surface area contributed by atoms with E-state index in [0.29, 0.717) is 48.9 Å². The summed E-state index contributed by atoms with van der Waals surface area (Å²) in [6, 6.07) is 36.5. The van der Waals surface area contributed by atoms with E-state index in [0.717, 1.165) is 45.8 Å². The molecule has 0 amide bonds. The number of hydrogen-bond acceptors (Lipinski definition) is 7. The Morgan fingerprint density at radius 1 is 0.309 bits per heavy atom. The van der Waals surface area contributed by atoms with Crippen LogP contribution in [0.5, 0.6) is 40.2 Å². The number of benzene rings is 8. The van der Waals surface area contributed by atoms with E-state index in [1.807, 2.05) is 71.9 Å². The summed E-state index contributed by atoms with van der Waals surface area (Å²) in [5, 5.41) is 0. The van der Waals surface area contributed by atoms with E-state index in [2.05, 4.69) is 251 Å².